The lowest BCUT2D eigenvalue weighted by Gasteiger charge is -2.33. The summed E-state index contributed by atoms with van der Waals surface area (Å²) in [5, 5.41) is 0. The molecule has 0 heterocycles. The molecule has 4 heteroatoms. The smallest absolute Gasteiger partial charge is 0.313 e. The Morgan fingerprint density at radius 1 is 1.43 bits per heavy atom. The van der Waals surface area contributed by atoms with Crippen LogP contribution in [-0.4, -0.2) is 21.9 Å². The molecule has 1 aliphatic carbocycles. The van der Waals surface area contributed by atoms with E-state index in [1.54, 1.807) is 0 Å². The Labute approximate surface area is 111 Å². The molecule has 0 saturated carbocycles. The van der Waals surface area contributed by atoms with E-state index in [4.69, 9.17) is 4.74 Å². The summed E-state index contributed by atoms with van der Waals surface area (Å²) in [6.07, 6.45) is 7.98. The second kappa shape index (κ2) is 5.48. The zero-order valence-corrected chi connectivity index (χ0v) is 12.2. The van der Waals surface area contributed by atoms with Crippen molar-refractivity contribution in [3.63, 3.8) is 0 Å². The molecule has 2 nitrogen and oxygen atoms in total. The molecule has 0 fully saturated rings. The van der Waals surface area contributed by atoms with Gasteiger partial charge in [0, 0.05) is 14.3 Å². The van der Waals surface area contributed by atoms with Crippen LogP contribution in [0.5, 0.6) is 0 Å². The second-order valence-electron chi connectivity index (χ2n) is 3.25. The van der Waals surface area contributed by atoms with E-state index in [1.807, 2.05) is 18.2 Å². The van der Waals surface area contributed by atoms with Gasteiger partial charge in [-0.25, -0.2) is 0 Å². The fraction of sp³-hybridized carbons (Fsp3) is 0.500. The van der Waals surface area contributed by atoms with Crippen molar-refractivity contribution >= 4 is 51.2 Å². The summed E-state index contributed by atoms with van der Waals surface area (Å²) in [6.45, 7) is 0. The van der Waals surface area contributed by atoms with Crippen molar-refractivity contribution in [1.29, 1.82) is 0 Å². The van der Waals surface area contributed by atoms with Gasteiger partial charge in [0.15, 0.2) is 0 Å². The molecule has 1 unspecified atom stereocenters. The molecule has 0 amide bonds. The summed E-state index contributed by atoms with van der Waals surface area (Å²) in [5.41, 5.74) is -0.0665. The number of allylic oxidation sites excluding steroid dienone is 3. The van der Waals surface area contributed by atoms with Crippen LogP contribution in [0.15, 0.2) is 24.3 Å². The van der Waals surface area contributed by atoms with Crippen molar-refractivity contribution in [3.8, 4) is 0 Å². The average Bonchev–Trinajstić information content (AvgIpc) is 2.27. The Bertz CT molecular complexity index is 267. The summed E-state index contributed by atoms with van der Waals surface area (Å²) in [4.78, 5) is 11.6. The van der Waals surface area contributed by atoms with Gasteiger partial charge in [-0.2, -0.15) is 0 Å². The Morgan fingerprint density at radius 3 is 2.57 bits per heavy atom. The molecule has 0 aromatic carbocycles. The fourth-order valence-electron chi connectivity index (χ4n) is 1.45. The van der Waals surface area contributed by atoms with Crippen LogP contribution in [0.25, 0.3) is 0 Å². The lowest BCUT2D eigenvalue weighted by atomic mass is 9.76. The third kappa shape index (κ3) is 2.32. The monoisotopic (exact) mass is 418 g/mol. The summed E-state index contributed by atoms with van der Waals surface area (Å²) < 4.78 is 6.67. The number of hydrogen-bond acceptors (Lipinski definition) is 2. The number of alkyl halides is 2. The quantitative estimate of drug-likeness (QED) is 0.401. The molecule has 0 aliphatic heterocycles. The van der Waals surface area contributed by atoms with E-state index in [-0.39, 0.29) is 17.3 Å². The van der Waals surface area contributed by atoms with E-state index in [2.05, 4.69) is 51.3 Å². The summed E-state index contributed by atoms with van der Waals surface area (Å²) in [6, 6.07) is 0. The van der Waals surface area contributed by atoms with E-state index < -0.39 is 0 Å². The zero-order chi connectivity index (χ0) is 10.6. The van der Waals surface area contributed by atoms with Crippen molar-refractivity contribution in [2.24, 2.45) is 11.3 Å². The Balaban J connectivity index is 2.96. The van der Waals surface area contributed by atoms with E-state index in [9.17, 15) is 4.79 Å². The lowest BCUT2D eigenvalue weighted by Crippen LogP contribution is -2.38. The number of hydrogen-bond donors (Lipinski definition) is 0. The van der Waals surface area contributed by atoms with Gasteiger partial charge in [0.2, 0.25) is 0 Å². The first-order valence-corrected chi connectivity index (χ1v) is 7.31. The van der Waals surface area contributed by atoms with Gasteiger partial charge in [-0.15, -0.1) is 0 Å². The molecule has 0 aromatic heterocycles. The predicted molar refractivity (Wildman–Crippen MR) is 74.0 cm³/mol. The highest BCUT2D eigenvalue weighted by atomic mass is 127. The van der Waals surface area contributed by atoms with Crippen LogP contribution in [0.1, 0.15) is 0 Å². The molecule has 14 heavy (non-hydrogen) atoms. The van der Waals surface area contributed by atoms with E-state index in [0.29, 0.717) is 0 Å². The molecule has 0 aromatic rings. The second-order valence-corrected chi connectivity index (χ2v) is 4.77. The molecule has 0 saturated heterocycles. The van der Waals surface area contributed by atoms with Crippen LogP contribution >= 0.6 is 45.2 Å². The van der Waals surface area contributed by atoms with Crippen molar-refractivity contribution in [2.45, 2.75) is 0 Å². The number of carbonyl (C=O) groups is 1. The molecular formula is C10H12I2O2. The number of carbonyl (C=O) groups excluding carboxylic acids is 1. The first-order chi connectivity index (χ1) is 6.70. The molecule has 0 radical (unpaired) electrons. The number of halogens is 2. The van der Waals surface area contributed by atoms with Gasteiger partial charge in [-0.05, 0) is 0 Å². The van der Waals surface area contributed by atoms with Gasteiger partial charge in [0.25, 0.3) is 0 Å². The molecule has 0 N–H and O–H groups in total. The average molecular weight is 418 g/mol. The van der Waals surface area contributed by atoms with Crippen molar-refractivity contribution in [1.82, 2.24) is 0 Å². The van der Waals surface area contributed by atoms with Crippen LogP contribution in [0, 0.1) is 11.3 Å². The highest BCUT2D eigenvalue weighted by Crippen LogP contribution is 2.38. The van der Waals surface area contributed by atoms with Crippen LogP contribution in [0.4, 0.5) is 0 Å². The van der Waals surface area contributed by atoms with Crippen molar-refractivity contribution in [3.05, 3.63) is 24.3 Å². The summed E-state index contributed by atoms with van der Waals surface area (Å²) in [5.74, 6) is -0.273. The van der Waals surface area contributed by atoms with Crippen molar-refractivity contribution in [2.75, 3.05) is 16.0 Å². The molecule has 0 bridgehead atoms. The number of ether oxygens (including phenoxy) is 1. The van der Waals surface area contributed by atoms with Gasteiger partial charge in [0.05, 0.1) is 13.0 Å². The largest absolute Gasteiger partial charge is 0.469 e. The minimum atomic E-state index is -0.140. The number of methoxy groups -OCH3 is 1. The first kappa shape index (κ1) is 12.5. The maximum atomic E-state index is 11.6. The topological polar surface area (TPSA) is 26.3 Å². The lowest BCUT2D eigenvalue weighted by molar-refractivity contribution is -0.146. The molecule has 1 aliphatic rings. The first-order valence-electron chi connectivity index (χ1n) is 4.26. The maximum absolute atomic E-state index is 11.6. The van der Waals surface area contributed by atoms with Gasteiger partial charge >= 0.3 is 5.97 Å². The molecule has 0 spiro atoms. The van der Waals surface area contributed by atoms with Gasteiger partial charge in [0.1, 0.15) is 0 Å². The predicted octanol–water partition coefficient (Wildman–Crippen LogP) is 2.76. The summed E-state index contributed by atoms with van der Waals surface area (Å²) >= 11 is 4.65. The highest BCUT2D eigenvalue weighted by molar-refractivity contribution is 14.1. The zero-order valence-electron chi connectivity index (χ0n) is 7.87. The highest BCUT2D eigenvalue weighted by Gasteiger charge is 2.39. The van der Waals surface area contributed by atoms with Crippen LogP contribution in [-0.2, 0) is 9.53 Å². The van der Waals surface area contributed by atoms with Crippen molar-refractivity contribution < 1.29 is 9.53 Å². The number of rotatable bonds is 3. The standard InChI is InChI=1S/C10H12I2O2/c1-14-9(13)8-4-2-3-5-10(8,6-11)7-12/h2-5,8H,6-7H2,1H3. The molecule has 1 atom stereocenters. The van der Waals surface area contributed by atoms with Gasteiger partial charge in [-0.3, -0.25) is 4.79 Å². The Kier molecular flexibility index (Phi) is 4.89. The normalized spacial score (nSPS) is 23.5. The van der Waals surface area contributed by atoms with E-state index >= 15 is 0 Å². The Morgan fingerprint density at radius 2 is 2.07 bits per heavy atom. The minimum Gasteiger partial charge on any atom is -0.469 e. The molecular weight excluding hydrogens is 406 g/mol. The Hall–Kier alpha value is 0.410. The van der Waals surface area contributed by atoms with Crippen LogP contribution < -0.4 is 0 Å². The van der Waals surface area contributed by atoms with Gasteiger partial charge < -0.3 is 4.74 Å². The SMILES string of the molecule is COC(=O)C1C=CC=CC1(CI)CI. The maximum Gasteiger partial charge on any atom is 0.313 e. The van der Waals surface area contributed by atoms with E-state index in [1.165, 1.54) is 7.11 Å². The molecule has 78 valence electrons. The van der Waals surface area contributed by atoms with Crippen LogP contribution in [0.3, 0.4) is 0 Å². The summed E-state index contributed by atoms with van der Waals surface area (Å²) in [7, 11) is 1.44. The third-order valence-electron chi connectivity index (χ3n) is 2.41. The van der Waals surface area contributed by atoms with E-state index in [0.717, 1.165) is 8.86 Å². The van der Waals surface area contributed by atoms with Crippen LogP contribution in [0.2, 0.25) is 0 Å². The molecule has 1 rings (SSSR count). The third-order valence-corrected chi connectivity index (χ3v) is 5.26. The number of esters is 1. The van der Waals surface area contributed by atoms with Gasteiger partial charge in [-0.1, -0.05) is 69.5 Å². The fourth-order valence-corrected chi connectivity index (χ4v) is 4.48. The minimum absolute atomic E-state index is 0.0665.